The van der Waals surface area contributed by atoms with Gasteiger partial charge in [0.25, 0.3) is 5.91 Å². The summed E-state index contributed by atoms with van der Waals surface area (Å²) >= 11 is 0. The molecule has 2 aromatic heterocycles. The zero-order valence-electron chi connectivity index (χ0n) is 18.1. The third kappa shape index (κ3) is 4.12. The highest BCUT2D eigenvalue weighted by molar-refractivity contribution is 6.04. The number of hydrogen-bond acceptors (Lipinski definition) is 6. The van der Waals surface area contributed by atoms with Gasteiger partial charge in [0.05, 0.1) is 42.2 Å². The number of aromatic amines is 1. The van der Waals surface area contributed by atoms with Gasteiger partial charge >= 0.3 is 0 Å². The number of aromatic nitrogens is 5. The number of nitrogens with one attached hydrogen (secondary N) is 2. The largest absolute Gasteiger partial charge is 0.379 e. The van der Waals surface area contributed by atoms with E-state index >= 15 is 0 Å². The number of nitrogens with zero attached hydrogens (tertiary/aromatic N) is 5. The number of anilines is 1. The van der Waals surface area contributed by atoms with Crippen molar-refractivity contribution in [2.45, 2.75) is 20.4 Å². The third-order valence-corrected chi connectivity index (χ3v) is 5.62. The van der Waals surface area contributed by atoms with E-state index in [2.05, 4.69) is 30.5 Å². The van der Waals surface area contributed by atoms with Crippen LogP contribution in [0.3, 0.4) is 0 Å². The number of aryl methyl sites for hydroxylation is 1. The molecular weight excluding hydrogens is 406 g/mol. The number of carbonyl (C=O) groups excluding carboxylic acids is 1. The van der Waals surface area contributed by atoms with E-state index < -0.39 is 0 Å². The Morgan fingerprint density at radius 2 is 2.00 bits per heavy atom. The lowest BCUT2D eigenvalue weighted by Crippen LogP contribution is -2.35. The summed E-state index contributed by atoms with van der Waals surface area (Å²) in [7, 11) is 0. The van der Waals surface area contributed by atoms with Crippen LogP contribution in [-0.4, -0.2) is 62.1 Å². The Labute approximate surface area is 185 Å². The zero-order valence-corrected chi connectivity index (χ0v) is 18.1. The molecular formula is C23H25N7O2. The lowest BCUT2D eigenvalue weighted by Gasteiger charge is -2.25. The van der Waals surface area contributed by atoms with Gasteiger partial charge in [-0.2, -0.15) is 0 Å². The highest BCUT2D eigenvalue weighted by atomic mass is 16.5. The number of hydrogen-bond donors (Lipinski definition) is 2. The maximum Gasteiger partial charge on any atom is 0.278 e. The Kier molecular flexibility index (Phi) is 5.42. The third-order valence-electron chi connectivity index (χ3n) is 5.62. The molecule has 1 amide bonds. The van der Waals surface area contributed by atoms with Crippen molar-refractivity contribution in [3.05, 3.63) is 65.2 Å². The van der Waals surface area contributed by atoms with Gasteiger partial charge in [-0.15, -0.1) is 5.10 Å². The van der Waals surface area contributed by atoms with E-state index in [1.165, 1.54) is 0 Å². The average molecular weight is 432 g/mol. The van der Waals surface area contributed by atoms with Crippen LogP contribution < -0.4 is 5.32 Å². The first-order chi connectivity index (χ1) is 15.6. The number of morpholine rings is 1. The minimum absolute atomic E-state index is 0.296. The van der Waals surface area contributed by atoms with Gasteiger partial charge in [-0.05, 0) is 49.7 Å². The van der Waals surface area contributed by atoms with E-state index in [1.807, 2.05) is 56.3 Å². The molecule has 1 aliphatic heterocycles. The fraction of sp³-hybridized carbons (Fsp3) is 0.304. The Bertz CT molecular complexity index is 1270. The number of amides is 1. The molecule has 0 bridgehead atoms. The number of fused-ring (bicyclic) bond motifs is 1. The smallest absolute Gasteiger partial charge is 0.278 e. The van der Waals surface area contributed by atoms with Gasteiger partial charge in [0.2, 0.25) is 0 Å². The minimum atomic E-state index is -0.297. The van der Waals surface area contributed by atoms with Gasteiger partial charge in [-0.1, -0.05) is 17.3 Å². The molecule has 3 heterocycles. The van der Waals surface area contributed by atoms with Crippen molar-refractivity contribution >= 4 is 22.6 Å². The fourth-order valence-corrected chi connectivity index (χ4v) is 3.92. The van der Waals surface area contributed by atoms with Crippen LogP contribution in [0, 0.1) is 13.8 Å². The Hall–Kier alpha value is -3.56. The molecule has 0 saturated carbocycles. The molecule has 0 aliphatic carbocycles. The number of carbonyl (C=O) groups is 1. The van der Waals surface area contributed by atoms with Crippen LogP contribution in [0.15, 0.2) is 42.5 Å². The van der Waals surface area contributed by atoms with Gasteiger partial charge in [0.15, 0.2) is 5.69 Å². The highest BCUT2D eigenvalue weighted by Crippen LogP contribution is 2.20. The molecule has 9 nitrogen and oxygen atoms in total. The highest BCUT2D eigenvalue weighted by Gasteiger charge is 2.18. The van der Waals surface area contributed by atoms with E-state index in [-0.39, 0.29) is 5.91 Å². The van der Waals surface area contributed by atoms with Crippen LogP contribution in [0.4, 0.5) is 5.69 Å². The maximum absolute atomic E-state index is 12.9. The van der Waals surface area contributed by atoms with Crippen LogP contribution in [0.5, 0.6) is 0 Å². The van der Waals surface area contributed by atoms with E-state index in [9.17, 15) is 4.79 Å². The van der Waals surface area contributed by atoms with Crippen molar-refractivity contribution in [2.24, 2.45) is 0 Å². The van der Waals surface area contributed by atoms with Gasteiger partial charge in [0.1, 0.15) is 5.82 Å². The van der Waals surface area contributed by atoms with E-state index in [0.717, 1.165) is 61.0 Å². The molecule has 164 valence electrons. The van der Waals surface area contributed by atoms with Gasteiger partial charge in [0, 0.05) is 18.8 Å². The Balaban J connectivity index is 1.32. The number of benzene rings is 2. The van der Waals surface area contributed by atoms with Crippen molar-refractivity contribution in [3.63, 3.8) is 0 Å². The van der Waals surface area contributed by atoms with Crippen molar-refractivity contribution in [3.8, 4) is 5.69 Å². The zero-order chi connectivity index (χ0) is 22.1. The number of ether oxygens (including phenoxy) is 1. The molecule has 2 aromatic carbocycles. The molecule has 0 radical (unpaired) electrons. The second-order valence-electron chi connectivity index (χ2n) is 8.03. The van der Waals surface area contributed by atoms with Gasteiger partial charge in [-0.3, -0.25) is 9.69 Å². The number of imidazole rings is 1. The first-order valence-corrected chi connectivity index (χ1v) is 10.7. The topological polar surface area (TPSA) is 101 Å². The van der Waals surface area contributed by atoms with Crippen molar-refractivity contribution in [1.82, 2.24) is 29.9 Å². The van der Waals surface area contributed by atoms with E-state index in [4.69, 9.17) is 4.74 Å². The molecule has 1 saturated heterocycles. The molecule has 9 heteroatoms. The summed E-state index contributed by atoms with van der Waals surface area (Å²) in [6.07, 6.45) is 0. The molecule has 1 aliphatic rings. The predicted molar refractivity (Wildman–Crippen MR) is 121 cm³/mol. The molecule has 0 unspecified atom stereocenters. The summed E-state index contributed by atoms with van der Waals surface area (Å²) in [5.41, 5.74) is 5.39. The van der Waals surface area contributed by atoms with Crippen LogP contribution in [0.2, 0.25) is 0 Å². The number of H-pyrrole nitrogens is 1. The molecule has 0 spiro atoms. The van der Waals surface area contributed by atoms with Crippen LogP contribution in [-0.2, 0) is 11.3 Å². The molecule has 5 rings (SSSR count). The second-order valence-corrected chi connectivity index (χ2v) is 8.03. The van der Waals surface area contributed by atoms with Crippen molar-refractivity contribution < 1.29 is 9.53 Å². The second kappa shape index (κ2) is 8.52. The van der Waals surface area contributed by atoms with Crippen molar-refractivity contribution in [1.29, 1.82) is 0 Å². The Morgan fingerprint density at radius 1 is 1.16 bits per heavy atom. The predicted octanol–water partition coefficient (Wildman–Crippen LogP) is 2.84. The lowest BCUT2D eigenvalue weighted by atomic mass is 10.2. The molecule has 2 N–H and O–H groups in total. The van der Waals surface area contributed by atoms with Crippen molar-refractivity contribution in [2.75, 3.05) is 31.6 Å². The van der Waals surface area contributed by atoms with Gasteiger partial charge < -0.3 is 15.0 Å². The maximum atomic E-state index is 12.9. The quantitative estimate of drug-likeness (QED) is 0.504. The van der Waals surface area contributed by atoms with Crippen LogP contribution in [0.1, 0.15) is 27.6 Å². The van der Waals surface area contributed by atoms with Gasteiger partial charge in [-0.25, -0.2) is 9.67 Å². The molecule has 0 atom stereocenters. The number of rotatable bonds is 5. The summed E-state index contributed by atoms with van der Waals surface area (Å²) in [6.45, 7) is 7.92. The van der Waals surface area contributed by atoms with E-state index in [1.54, 1.807) is 4.68 Å². The minimum Gasteiger partial charge on any atom is -0.379 e. The first-order valence-electron chi connectivity index (χ1n) is 10.7. The summed E-state index contributed by atoms with van der Waals surface area (Å²) in [5, 5.41) is 11.2. The summed E-state index contributed by atoms with van der Waals surface area (Å²) in [4.78, 5) is 23.2. The van der Waals surface area contributed by atoms with E-state index in [0.29, 0.717) is 17.1 Å². The standard InChI is InChI=1S/C23H25N7O2/c1-15-4-3-5-18(12-15)30-16(2)22(27-28-30)23(31)24-17-6-7-19-20(13-17)26-21(25-19)14-29-8-10-32-11-9-29/h3-7,12-13H,8-11,14H2,1-2H3,(H,24,31)(H,25,26). The molecule has 32 heavy (non-hydrogen) atoms. The average Bonchev–Trinajstić information content (AvgIpc) is 3.37. The summed E-state index contributed by atoms with van der Waals surface area (Å²) < 4.78 is 7.08. The fourth-order valence-electron chi connectivity index (χ4n) is 3.92. The molecule has 4 aromatic rings. The Morgan fingerprint density at radius 3 is 2.81 bits per heavy atom. The SMILES string of the molecule is Cc1cccc(-n2nnc(C(=O)Nc3ccc4nc(CN5CCOCC5)[nH]c4c3)c2C)c1. The van der Waals surface area contributed by atoms with Crippen LogP contribution >= 0.6 is 0 Å². The monoisotopic (exact) mass is 431 g/mol. The normalized spacial score (nSPS) is 14.7. The molecule has 1 fully saturated rings. The lowest BCUT2D eigenvalue weighted by molar-refractivity contribution is 0.0332. The summed E-state index contributed by atoms with van der Waals surface area (Å²) in [6, 6.07) is 13.6. The first kappa shape index (κ1) is 20.3. The summed E-state index contributed by atoms with van der Waals surface area (Å²) in [5.74, 6) is 0.608. The van der Waals surface area contributed by atoms with Crippen LogP contribution in [0.25, 0.3) is 16.7 Å².